The lowest BCUT2D eigenvalue weighted by Crippen LogP contribution is -1.98. The molecule has 3 rings (SSSR count). The van der Waals surface area contributed by atoms with Gasteiger partial charge in [-0.05, 0) is 58.5 Å². The van der Waals surface area contributed by atoms with Crippen LogP contribution in [0, 0.1) is 0 Å². The van der Waals surface area contributed by atoms with Crippen LogP contribution in [0.2, 0.25) is 0 Å². The summed E-state index contributed by atoms with van der Waals surface area (Å²) in [6.45, 7) is 0.473. The molecule has 0 fully saturated rings. The molecule has 0 atom stereocenters. The van der Waals surface area contributed by atoms with Crippen molar-refractivity contribution in [3.8, 4) is 16.9 Å². The van der Waals surface area contributed by atoms with Crippen molar-refractivity contribution in [2.24, 2.45) is 0 Å². The number of benzene rings is 3. The first kappa shape index (κ1) is 18.7. The molecule has 4 nitrogen and oxygen atoms in total. The molecule has 0 unspecified atom stereocenters. The van der Waals surface area contributed by atoms with E-state index in [0.29, 0.717) is 13.0 Å². The van der Waals surface area contributed by atoms with Crippen molar-refractivity contribution in [1.29, 1.82) is 0 Å². The molecule has 138 valence electrons. The van der Waals surface area contributed by atoms with E-state index in [1.807, 2.05) is 66.7 Å². The van der Waals surface area contributed by atoms with Crippen molar-refractivity contribution in [1.82, 2.24) is 0 Å². The van der Waals surface area contributed by atoms with Crippen LogP contribution in [0.25, 0.3) is 11.1 Å². The third kappa shape index (κ3) is 5.43. The summed E-state index contributed by atoms with van der Waals surface area (Å²) in [5.41, 5.74) is 5.06. The standard InChI is InChI=1S/C23H22O4/c24-15-18-3-1-5-20(13-18)21-6-2-4-19(14-21)16-27-22-10-7-17(8-11-22)9-12-23(25)26/h1-8,10-11,13-14,24H,9,12,15-16H2,(H,25,26). The summed E-state index contributed by atoms with van der Waals surface area (Å²) < 4.78 is 5.85. The number of hydrogen-bond acceptors (Lipinski definition) is 3. The molecule has 27 heavy (non-hydrogen) atoms. The molecule has 0 amide bonds. The highest BCUT2D eigenvalue weighted by molar-refractivity contribution is 5.67. The minimum atomic E-state index is -0.792. The van der Waals surface area contributed by atoms with Crippen LogP contribution in [0.5, 0.6) is 5.75 Å². The van der Waals surface area contributed by atoms with Crippen LogP contribution in [0.1, 0.15) is 23.1 Å². The molecule has 0 saturated heterocycles. The maximum Gasteiger partial charge on any atom is 0.303 e. The van der Waals surface area contributed by atoms with Gasteiger partial charge in [-0.25, -0.2) is 0 Å². The quantitative estimate of drug-likeness (QED) is 0.622. The van der Waals surface area contributed by atoms with Crippen LogP contribution in [0.3, 0.4) is 0 Å². The summed E-state index contributed by atoms with van der Waals surface area (Å²) in [6.07, 6.45) is 0.648. The Hall–Kier alpha value is -3.11. The number of rotatable bonds is 8. The molecule has 0 aliphatic heterocycles. The van der Waals surface area contributed by atoms with Crippen LogP contribution in [-0.4, -0.2) is 16.2 Å². The summed E-state index contributed by atoms with van der Waals surface area (Å²) in [7, 11) is 0. The normalized spacial score (nSPS) is 10.6. The zero-order valence-corrected chi connectivity index (χ0v) is 15.0. The lowest BCUT2D eigenvalue weighted by molar-refractivity contribution is -0.136. The van der Waals surface area contributed by atoms with Crippen molar-refractivity contribution in [2.75, 3.05) is 0 Å². The van der Waals surface area contributed by atoms with E-state index in [4.69, 9.17) is 9.84 Å². The summed E-state index contributed by atoms with van der Waals surface area (Å²) in [4.78, 5) is 10.6. The van der Waals surface area contributed by atoms with Crippen LogP contribution >= 0.6 is 0 Å². The van der Waals surface area contributed by atoms with Gasteiger partial charge in [-0.15, -0.1) is 0 Å². The maximum atomic E-state index is 10.6. The van der Waals surface area contributed by atoms with Gasteiger partial charge in [0.05, 0.1) is 6.61 Å². The zero-order valence-electron chi connectivity index (χ0n) is 15.0. The van der Waals surface area contributed by atoms with E-state index in [-0.39, 0.29) is 13.0 Å². The van der Waals surface area contributed by atoms with Crippen molar-refractivity contribution in [3.05, 3.63) is 89.5 Å². The molecule has 0 aliphatic rings. The third-order valence-electron chi connectivity index (χ3n) is 4.33. The number of aliphatic hydroxyl groups excluding tert-OH is 1. The molecule has 0 heterocycles. The van der Waals surface area contributed by atoms with Crippen LogP contribution in [0.4, 0.5) is 0 Å². The number of ether oxygens (including phenoxy) is 1. The smallest absolute Gasteiger partial charge is 0.303 e. The SMILES string of the molecule is O=C(O)CCc1ccc(OCc2cccc(-c3cccc(CO)c3)c2)cc1. The van der Waals surface area contributed by atoms with Gasteiger partial charge in [-0.3, -0.25) is 4.79 Å². The topological polar surface area (TPSA) is 66.8 Å². The van der Waals surface area contributed by atoms with Crippen molar-refractivity contribution < 1.29 is 19.7 Å². The Kier molecular flexibility index (Phi) is 6.23. The van der Waals surface area contributed by atoms with Gasteiger partial charge in [0.2, 0.25) is 0 Å². The number of hydrogen-bond donors (Lipinski definition) is 2. The highest BCUT2D eigenvalue weighted by Gasteiger charge is 2.03. The second-order valence-corrected chi connectivity index (χ2v) is 6.39. The van der Waals surface area contributed by atoms with Crippen molar-refractivity contribution >= 4 is 5.97 Å². The summed E-state index contributed by atoms with van der Waals surface area (Å²) in [6, 6.07) is 23.5. The number of aryl methyl sites for hydroxylation is 1. The largest absolute Gasteiger partial charge is 0.489 e. The van der Waals surface area contributed by atoms with Gasteiger partial charge in [0, 0.05) is 6.42 Å². The molecule has 0 aromatic heterocycles. The van der Waals surface area contributed by atoms with E-state index in [1.165, 1.54) is 0 Å². The van der Waals surface area contributed by atoms with Crippen LogP contribution in [-0.2, 0) is 24.4 Å². The molecule has 0 radical (unpaired) electrons. The van der Waals surface area contributed by atoms with Gasteiger partial charge in [-0.2, -0.15) is 0 Å². The average molecular weight is 362 g/mol. The Morgan fingerprint density at radius 3 is 2.07 bits per heavy atom. The number of carboxylic acids is 1. The Labute approximate surface area is 158 Å². The summed E-state index contributed by atoms with van der Waals surface area (Å²) >= 11 is 0. The molecule has 0 saturated carbocycles. The van der Waals surface area contributed by atoms with Gasteiger partial charge < -0.3 is 14.9 Å². The Morgan fingerprint density at radius 1 is 0.815 bits per heavy atom. The highest BCUT2D eigenvalue weighted by atomic mass is 16.5. The van der Waals surface area contributed by atoms with Crippen LogP contribution < -0.4 is 4.74 Å². The fraction of sp³-hybridized carbons (Fsp3) is 0.174. The minimum Gasteiger partial charge on any atom is -0.489 e. The summed E-state index contributed by atoms with van der Waals surface area (Å²) in [5.74, 6) is -0.0403. The molecule has 2 N–H and O–H groups in total. The second-order valence-electron chi connectivity index (χ2n) is 6.39. The average Bonchev–Trinajstić information content (AvgIpc) is 2.71. The highest BCUT2D eigenvalue weighted by Crippen LogP contribution is 2.23. The molecule has 3 aromatic carbocycles. The Morgan fingerprint density at radius 2 is 1.44 bits per heavy atom. The molecule has 3 aromatic rings. The maximum absolute atomic E-state index is 10.6. The fourth-order valence-electron chi connectivity index (χ4n) is 2.86. The fourth-order valence-corrected chi connectivity index (χ4v) is 2.86. The molecule has 0 bridgehead atoms. The molecule has 0 aliphatic carbocycles. The van der Waals surface area contributed by atoms with Gasteiger partial charge in [0.1, 0.15) is 12.4 Å². The number of carboxylic acid groups (broad SMARTS) is 1. The first-order valence-electron chi connectivity index (χ1n) is 8.87. The van der Waals surface area contributed by atoms with Crippen molar-refractivity contribution in [2.45, 2.75) is 26.1 Å². The Balaban J connectivity index is 1.63. The van der Waals surface area contributed by atoms with Gasteiger partial charge in [0.15, 0.2) is 0 Å². The predicted molar refractivity (Wildman–Crippen MR) is 105 cm³/mol. The van der Waals surface area contributed by atoms with Gasteiger partial charge >= 0.3 is 5.97 Å². The van der Waals surface area contributed by atoms with E-state index in [2.05, 4.69) is 6.07 Å². The van der Waals surface area contributed by atoms with Crippen LogP contribution in [0.15, 0.2) is 72.8 Å². The second kappa shape index (κ2) is 9.01. The first-order chi connectivity index (χ1) is 13.1. The summed E-state index contributed by atoms with van der Waals surface area (Å²) in [5, 5.41) is 18.0. The third-order valence-corrected chi connectivity index (χ3v) is 4.33. The van der Waals surface area contributed by atoms with Crippen molar-refractivity contribution in [3.63, 3.8) is 0 Å². The molecular weight excluding hydrogens is 340 g/mol. The Bertz CT molecular complexity index is 900. The van der Waals surface area contributed by atoms with E-state index >= 15 is 0 Å². The molecule has 4 heteroatoms. The van der Waals surface area contributed by atoms with Gasteiger partial charge in [0.25, 0.3) is 0 Å². The lowest BCUT2D eigenvalue weighted by Gasteiger charge is -2.09. The molecule has 0 spiro atoms. The first-order valence-corrected chi connectivity index (χ1v) is 8.87. The van der Waals surface area contributed by atoms with E-state index < -0.39 is 5.97 Å². The molecular formula is C23H22O4. The lowest BCUT2D eigenvalue weighted by atomic mass is 10.0. The van der Waals surface area contributed by atoms with E-state index in [9.17, 15) is 9.90 Å². The van der Waals surface area contributed by atoms with Gasteiger partial charge in [-0.1, -0.05) is 48.5 Å². The monoisotopic (exact) mass is 362 g/mol. The minimum absolute atomic E-state index is 0.0269. The zero-order chi connectivity index (χ0) is 19.1. The number of aliphatic carboxylic acids is 1. The number of aliphatic hydroxyl groups is 1. The van der Waals surface area contributed by atoms with E-state index in [1.54, 1.807) is 0 Å². The number of carbonyl (C=O) groups is 1. The van der Waals surface area contributed by atoms with E-state index in [0.717, 1.165) is 33.6 Å². The predicted octanol–water partition coefficient (Wildman–Crippen LogP) is 4.44.